The molecule has 1 aromatic rings. The van der Waals surface area contributed by atoms with Gasteiger partial charge in [-0.1, -0.05) is 0 Å². The van der Waals surface area contributed by atoms with Crippen LogP contribution in [0.25, 0.3) is 0 Å². The van der Waals surface area contributed by atoms with E-state index in [1.54, 1.807) is 19.3 Å². The first-order chi connectivity index (χ1) is 4.74. The van der Waals surface area contributed by atoms with Crippen molar-refractivity contribution in [3.05, 3.63) is 28.7 Å². The van der Waals surface area contributed by atoms with Gasteiger partial charge in [0, 0.05) is 24.2 Å². The summed E-state index contributed by atoms with van der Waals surface area (Å²) < 4.78 is 1.37. The van der Waals surface area contributed by atoms with Crippen LogP contribution >= 0.6 is 12.6 Å². The second kappa shape index (κ2) is 2.79. The van der Waals surface area contributed by atoms with Crippen molar-refractivity contribution < 1.29 is 0 Å². The lowest BCUT2D eigenvalue weighted by molar-refractivity contribution is 0.862. The molecule has 0 aliphatic heterocycles. The molecule has 54 valence electrons. The molecule has 0 spiro atoms. The molecule has 1 rings (SSSR count). The molecule has 0 saturated heterocycles. The van der Waals surface area contributed by atoms with Gasteiger partial charge in [-0.25, -0.2) is 4.68 Å². The average molecular weight is 156 g/mol. The van der Waals surface area contributed by atoms with Crippen LogP contribution in [0.15, 0.2) is 28.0 Å². The zero-order chi connectivity index (χ0) is 7.56. The van der Waals surface area contributed by atoms with Gasteiger partial charge in [-0.3, -0.25) is 4.79 Å². The Morgan fingerprint density at radius 3 is 2.90 bits per heavy atom. The second-order valence-electron chi connectivity index (χ2n) is 1.82. The number of nitrogens with zero attached hydrogens (tertiary/aromatic N) is 1. The normalized spacial score (nSPS) is 9.40. The molecule has 0 amide bonds. The molecule has 10 heavy (non-hydrogen) atoms. The van der Waals surface area contributed by atoms with Gasteiger partial charge in [-0.2, -0.15) is 0 Å². The van der Waals surface area contributed by atoms with Crippen LogP contribution < -0.4 is 11.0 Å². The molecule has 1 N–H and O–H groups in total. The molecule has 0 saturated carbocycles. The molecule has 1 heterocycles. The minimum Gasteiger partial charge on any atom is -0.326 e. The van der Waals surface area contributed by atoms with Crippen LogP contribution in [0.3, 0.4) is 0 Å². The van der Waals surface area contributed by atoms with E-state index >= 15 is 0 Å². The maximum absolute atomic E-state index is 10.9. The SMILES string of the molecule is CNn1ccc(S)cc1=O. The van der Waals surface area contributed by atoms with Gasteiger partial charge in [0.25, 0.3) is 5.56 Å². The Labute approximate surface area is 64.1 Å². The van der Waals surface area contributed by atoms with Gasteiger partial charge in [-0.05, 0) is 6.07 Å². The number of pyridine rings is 1. The number of aromatic nitrogens is 1. The standard InChI is InChI=1S/C6H8N2OS/c1-7-8-3-2-5(10)4-6(8)9/h2-4,7,10H,1H3. The summed E-state index contributed by atoms with van der Waals surface area (Å²) in [6.45, 7) is 0. The molecule has 0 fully saturated rings. The van der Waals surface area contributed by atoms with Crippen molar-refractivity contribution in [2.45, 2.75) is 4.90 Å². The molecule has 0 atom stereocenters. The van der Waals surface area contributed by atoms with E-state index in [1.165, 1.54) is 10.7 Å². The monoisotopic (exact) mass is 156 g/mol. The first-order valence-electron chi connectivity index (χ1n) is 2.83. The van der Waals surface area contributed by atoms with Crippen molar-refractivity contribution >= 4 is 12.6 Å². The van der Waals surface area contributed by atoms with E-state index in [2.05, 4.69) is 18.1 Å². The molecular formula is C6H8N2OS. The van der Waals surface area contributed by atoms with Crippen LogP contribution in [-0.2, 0) is 0 Å². The predicted octanol–water partition coefficient (Wildman–Crippen LogP) is 0.310. The van der Waals surface area contributed by atoms with Crippen LogP contribution in [0.4, 0.5) is 0 Å². The van der Waals surface area contributed by atoms with Gasteiger partial charge in [0.1, 0.15) is 0 Å². The molecule has 0 aromatic carbocycles. The fraction of sp³-hybridized carbons (Fsp3) is 0.167. The Balaban J connectivity index is 3.20. The summed E-state index contributed by atoms with van der Waals surface area (Å²) >= 11 is 4.00. The largest absolute Gasteiger partial charge is 0.326 e. The first kappa shape index (κ1) is 7.21. The lowest BCUT2D eigenvalue weighted by atomic mass is 10.5. The Morgan fingerprint density at radius 2 is 2.40 bits per heavy atom. The van der Waals surface area contributed by atoms with Crippen LogP contribution in [0.1, 0.15) is 0 Å². The van der Waals surface area contributed by atoms with E-state index < -0.39 is 0 Å². The van der Waals surface area contributed by atoms with E-state index in [-0.39, 0.29) is 5.56 Å². The summed E-state index contributed by atoms with van der Waals surface area (Å²) in [7, 11) is 1.68. The van der Waals surface area contributed by atoms with E-state index in [4.69, 9.17) is 0 Å². The summed E-state index contributed by atoms with van der Waals surface area (Å²) in [5, 5.41) is 0. The molecule has 4 heteroatoms. The third kappa shape index (κ3) is 1.33. The van der Waals surface area contributed by atoms with E-state index in [0.717, 1.165) is 0 Å². The summed E-state index contributed by atoms with van der Waals surface area (Å²) in [5.41, 5.74) is 2.59. The third-order valence-corrected chi connectivity index (χ3v) is 1.42. The van der Waals surface area contributed by atoms with Crippen LogP contribution in [0, 0.1) is 0 Å². The fourth-order valence-corrected chi connectivity index (χ4v) is 0.830. The van der Waals surface area contributed by atoms with Crippen molar-refractivity contribution in [3.63, 3.8) is 0 Å². The summed E-state index contributed by atoms with van der Waals surface area (Å²) in [4.78, 5) is 11.6. The maximum Gasteiger partial charge on any atom is 0.269 e. The summed E-state index contributed by atoms with van der Waals surface area (Å²) in [6.07, 6.45) is 1.63. The minimum atomic E-state index is -0.102. The summed E-state index contributed by atoms with van der Waals surface area (Å²) in [5.74, 6) is 0. The number of thiol groups is 1. The highest BCUT2D eigenvalue weighted by Crippen LogP contribution is 1.97. The molecule has 0 bridgehead atoms. The Hall–Kier alpha value is -0.900. The second-order valence-corrected chi connectivity index (χ2v) is 2.33. The topological polar surface area (TPSA) is 34.0 Å². The zero-order valence-corrected chi connectivity index (χ0v) is 6.43. The number of nitrogens with one attached hydrogen (secondary N) is 1. The predicted molar refractivity (Wildman–Crippen MR) is 43.2 cm³/mol. The molecule has 3 nitrogen and oxygen atoms in total. The smallest absolute Gasteiger partial charge is 0.269 e. The third-order valence-electron chi connectivity index (χ3n) is 1.14. The van der Waals surface area contributed by atoms with Gasteiger partial charge in [0.2, 0.25) is 0 Å². The highest BCUT2D eigenvalue weighted by molar-refractivity contribution is 7.80. The quantitative estimate of drug-likeness (QED) is 0.574. The molecule has 0 radical (unpaired) electrons. The fourth-order valence-electron chi connectivity index (χ4n) is 0.653. The van der Waals surface area contributed by atoms with Gasteiger partial charge in [0.05, 0.1) is 0 Å². The highest BCUT2D eigenvalue weighted by Gasteiger charge is 1.90. The number of hydrogen-bond acceptors (Lipinski definition) is 3. The van der Waals surface area contributed by atoms with Crippen LogP contribution in [-0.4, -0.2) is 11.7 Å². The lowest BCUT2D eigenvalue weighted by Crippen LogP contribution is -2.24. The highest BCUT2D eigenvalue weighted by atomic mass is 32.1. The van der Waals surface area contributed by atoms with Gasteiger partial charge in [-0.15, -0.1) is 12.6 Å². The zero-order valence-electron chi connectivity index (χ0n) is 5.53. The molecule has 1 aromatic heterocycles. The minimum absolute atomic E-state index is 0.102. The Morgan fingerprint density at radius 1 is 1.70 bits per heavy atom. The van der Waals surface area contributed by atoms with E-state index in [9.17, 15) is 4.79 Å². The molecular weight excluding hydrogens is 148 g/mol. The number of rotatable bonds is 1. The van der Waals surface area contributed by atoms with Crippen molar-refractivity contribution in [1.29, 1.82) is 0 Å². The van der Waals surface area contributed by atoms with Crippen molar-refractivity contribution in [2.75, 3.05) is 12.5 Å². The first-order valence-corrected chi connectivity index (χ1v) is 3.28. The van der Waals surface area contributed by atoms with Gasteiger partial charge >= 0.3 is 0 Å². The average Bonchev–Trinajstić information content (AvgIpc) is 1.88. The molecule has 0 aliphatic rings. The number of hydrogen-bond donors (Lipinski definition) is 2. The Kier molecular flexibility index (Phi) is 2.01. The van der Waals surface area contributed by atoms with Crippen molar-refractivity contribution in [1.82, 2.24) is 4.68 Å². The molecule has 0 unspecified atom stereocenters. The van der Waals surface area contributed by atoms with Crippen LogP contribution in [0.2, 0.25) is 0 Å². The summed E-state index contributed by atoms with van der Waals surface area (Å²) in [6, 6.07) is 3.18. The Bertz CT molecular complexity index is 281. The van der Waals surface area contributed by atoms with Crippen molar-refractivity contribution in [2.24, 2.45) is 0 Å². The molecule has 0 aliphatic carbocycles. The van der Waals surface area contributed by atoms with Crippen molar-refractivity contribution in [3.8, 4) is 0 Å². The van der Waals surface area contributed by atoms with Gasteiger partial charge < -0.3 is 5.43 Å². The van der Waals surface area contributed by atoms with E-state index in [1.807, 2.05) is 0 Å². The van der Waals surface area contributed by atoms with E-state index in [0.29, 0.717) is 4.90 Å². The van der Waals surface area contributed by atoms with Gasteiger partial charge in [0.15, 0.2) is 0 Å². The lowest BCUT2D eigenvalue weighted by Gasteiger charge is -2.01. The van der Waals surface area contributed by atoms with Crippen LogP contribution in [0.5, 0.6) is 0 Å². The maximum atomic E-state index is 10.9.